The maximum Gasteiger partial charge on any atom is 0.0735 e. The van der Waals surface area contributed by atoms with Gasteiger partial charge in [-0.05, 0) is 17.9 Å². The summed E-state index contributed by atoms with van der Waals surface area (Å²) in [6.07, 6.45) is 0. The van der Waals surface area contributed by atoms with Crippen LogP contribution in [-0.2, 0) is 0 Å². The molecule has 0 unspecified atom stereocenters. The van der Waals surface area contributed by atoms with E-state index in [1.54, 1.807) is 0 Å². The molecule has 1 aromatic carbocycles. The van der Waals surface area contributed by atoms with E-state index in [-0.39, 0.29) is 0 Å². The summed E-state index contributed by atoms with van der Waals surface area (Å²) < 4.78 is 0. The second-order valence-corrected chi connectivity index (χ2v) is 3.17. The normalized spacial score (nSPS) is 8.82. The Bertz CT molecular complexity index is 260. The van der Waals surface area contributed by atoms with Crippen LogP contribution in [0.15, 0.2) is 35.3 Å². The number of nitrogens with zero attached hydrogens (tertiary/aromatic N) is 1. The van der Waals surface area contributed by atoms with Crippen LogP contribution in [0.4, 0.5) is 5.69 Å². The van der Waals surface area contributed by atoms with Crippen LogP contribution in [0.1, 0.15) is 6.92 Å². The van der Waals surface area contributed by atoms with Crippen LogP contribution < -0.4 is 0 Å². The summed E-state index contributed by atoms with van der Waals surface area (Å²) in [6, 6.07) is 9.87. The molecule has 0 saturated heterocycles. The van der Waals surface area contributed by atoms with Gasteiger partial charge >= 0.3 is 0 Å². The summed E-state index contributed by atoms with van der Waals surface area (Å²) in [4.78, 5) is 4.13. The number of benzene rings is 1. The lowest BCUT2D eigenvalue weighted by Gasteiger charge is -1.85. The van der Waals surface area contributed by atoms with E-state index in [2.05, 4.69) is 17.1 Å². The lowest BCUT2D eigenvalue weighted by Crippen LogP contribution is -1.60. The highest BCUT2D eigenvalue weighted by Crippen LogP contribution is 2.07. The molecule has 0 amide bonds. The molecule has 0 saturated carbocycles. The molecule has 0 aromatic heterocycles. The van der Waals surface area contributed by atoms with Crippen molar-refractivity contribution in [1.82, 2.24) is 0 Å². The molecule has 11 heavy (non-hydrogen) atoms. The summed E-state index contributed by atoms with van der Waals surface area (Å²) in [7, 11) is 0. The third kappa shape index (κ3) is 3.17. The van der Waals surface area contributed by atoms with E-state index in [9.17, 15) is 0 Å². The van der Waals surface area contributed by atoms with E-state index in [1.807, 2.05) is 30.3 Å². The number of hydrogen-bond acceptors (Lipinski definition) is 1. The minimum Gasteiger partial charge on any atom is -0.200 e. The average molecular weight is 165 g/mol. The number of aliphatic imine (C=N–C) groups is 1. The van der Waals surface area contributed by atoms with Crippen LogP contribution in [0, 0.1) is 0 Å². The van der Waals surface area contributed by atoms with Gasteiger partial charge in [0.2, 0.25) is 0 Å². The van der Waals surface area contributed by atoms with Crippen molar-refractivity contribution in [2.45, 2.75) is 6.92 Å². The highest BCUT2D eigenvalue weighted by Gasteiger charge is 1.79. The second kappa shape index (κ2) is 4.89. The van der Waals surface area contributed by atoms with Crippen LogP contribution in [0.5, 0.6) is 0 Å². The molecule has 1 nitrogen and oxygen atoms in total. The maximum atomic E-state index is 4.13. The van der Waals surface area contributed by atoms with Gasteiger partial charge in [0.05, 0.1) is 5.69 Å². The first-order chi connectivity index (χ1) is 5.43. The first-order valence-electron chi connectivity index (χ1n) is 3.60. The Hall–Kier alpha value is -0.850. The summed E-state index contributed by atoms with van der Waals surface area (Å²) in [6.45, 7) is 2.11. The number of para-hydroxylation sites is 1. The molecule has 0 aliphatic heterocycles. The zero-order valence-electron chi connectivity index (χ0n) is 6.49. The van der Waals surface area contributed by atoms with E-state index in [0.29, 0.717) is 0 Å². The smallest absolute Gasteiger partial charge is 0.0735 e. The van der Waals surface area contributed by atoms with Gasteiger partial charge in [0, 0.05) is 5.16 Å². The van der Waals surface area contributed by atoms with Crippen LogP contribution in [0.3, 0.4) is 0 Å². The predicted octanol–water partition coefficient (Wildman–Crippen LogP) is 2.71. The largest absolute Gasteiger partial charge is 0.200 e. The minimum absolute atomic E-state index is 0.980. The molecule has 0 aliphatic rings. The quantitative estimate of drug-likeness (QED) is 0.393. The van der Waals surface area contributed by atoms with Gasteiger partial charge < -0.3 is 0 Å². The van der Waals surface area contributed by atoms with Gasteiger partial charge in [0.15, 0.2) is 0 Å². The number of thiol groups is 1. The Morgan fingerprint density at radius 1 is 1.36 bits per heavy atom. The lowest BCUT2D eigenvalue weighted by atomic mass is 10.3. The van der Waals surface area contributed by atoms with Gasteiger partial charge in [0.1, 0.15) is 0 Å². The van der Waals surface area contributed by atoms with Crippen LogP contribution in [0.2, 0.25) is 0 Å². The molecule has 0 fully saturated rings. The van der Waals surface area contributed by atoms with Crippen molar-refractivity contribution in [1.29, 1.82) is 0 Å². The van der Waals surface area contributed by atoms with E-state index in [1.165, 1.54) is 0 Å². The molecule has 58 valence electrons. The molecular weight excluding hydrogens is 154 g/mol. The Balaban J connectivity index is 2.72. The number of isothiocyanates is 1. The second-order valence-electron chi connectivity index (χ2n) is 2.02. The molecule has 0 atom stereocenters. The summed E-state index contributed by atoms with van der Waals surface area (Å²) >= 11 is 1.16. The first kappa shape index (κ1) is 8.25. The van der Waals surface area contributed by atoms with Crippen LogP contribution >= 0.6 is 11.4 Å². The summed E-state index contributed by atoms with van der Waals surface area (Å²) in [5.74, 6) is 1.08. The van der Waals surface area contributed by atoms with Crippen molar-refractivity contribution in [2.24, 2.45) is 4.99 Å². The van der Waals surface area contributed by atoms with Crippen LogP contribution in [-0.4, -0.2) is 10.9 Å². The fourth-order valence-electron chi connectivity index (χ4n) is 0.666. The third-order valence-corrected chi connectivity index (χ3v) is 1.72. The highest BCUT2D eigenvalue weighted by atomic mass is 32.1. The van der Waals surface area contributed by atoms with E-state index < -0.39 is 0 Å². The Morgan fingerprint density at radius 3 is 2.73 bits per heavy atom. The SMILES string of the molecule is CC[SH]=C=Nc1ccccc1. The van der Waals surface area contributed by atoms with Crippen molar-refractivity contribution in [2.75, 3.05) is 5.75 Å². The fourth-order valence-corrected chi connectivity index (χ4v) is 0.994. The molecule has 1 rings (SSSR count). The molecule has 0 heterocycles. The molecular formula is C9H11NS. The Morgan fingerprint density at radius 2 is 2.09 bits per heavy atom. The minimum atomic E-state index is 0.980. The maximum absolute atomic E-state index is 4.13. The van der Waals surface area contributed by atoms with Gasteiger partial charge in [-0.2, -0.15) is 0 Å². The zero-order chi connectivity index (χ0) is 7.94. The molecule has 0 aliphatic carbocycles. The fraction of sp³-hybridized carbons (Fsp3) is 0.222. The van der Waals surface area contributed by atoms with Gasteiger partial charge in [-0.1, -0.05) is 25.1 Å². The van der Waals surface area contributed by atoms with Crippen molar-refractivity contribution >= 4 is 22.2 Å². The molecule has 0 radical (unpaired) electrons. The number of hydrogen-bond donors (Lipinski definition) is 1. The molecule has 0 bridgehead atoms. The Labute approximate surface area is 70.7 Å². The van der Waals surface area contributed by atoms with E-state index in [0.717, 1.165) is 22.8 Å². The lowest BCUT2D eigenvalue weighted by molar-refractivity contribution is 1.54. The van der Waals surface area contributed by atoms with Gasteiger partial charge in [-0.15, -0.1) is 11.4 Å². The van der Waals surface area contributed by atoms with Gasteiger partial charge in [0.25, 0.3) is 0 Å². The van der Waals surface area contributed by atoms with Crippen LogP contribution in [0.25, 0.3) is 0 Å². The monoisotopic (exact) mass is 165 g/mol. The molecule has 2 heteroatoms. The third-order valence-electron chi connectivity index (χ3n) is 1.16. The first-order valence-corrected chi connectivity index (χ1v) is 4.68. The van der Waals surface area contributed by atoms with Crippen molar-refractivity contribution < 1.29 is 0 Å². The predicted molar refractivity (Wildman–Crippen MR) is 53.1 cm³/mol. The topological polar surface area (TPSA) is 12.4 Å². The number of rotatable bonds is 2. The van der Waals surface area contributed by atoms with E-state index >= 15 is 0 Å². The summed E-state index contributed by atoms with van der Waals surface area (Å²) in [5, 5.41) is 2.95. The summed E-state index contributed by atoms with van der Waals surface area (Å²) in [5.41, 5.74) is 0.980. The standard InChI is InChI=1S/C9H11NS/c1-2-11-8-10-9-6-4-3-5-7-9/h3-7,11H,2H2,1H3. The zero-order valence-corrected chi connectivity index (χ0v) is 7.38. The van der Waals surface area contributed by atoms with E-state index in [4.69, 9.17) is 0 Å². The molecule has 0 spiro atoms. The van der Waals surface area contributed by atoms with Crippen molar-refractivity contribution in [3.05, 3.63) is 30.3 Å². The molecule has 0 N–H and O–H groups in total. The highest BCUT2D eigenvalue weighted by molar-refractivity contribution is 7.96. The van der Waals surface area contributed by atoms with Crippen molar-refractivity contribution in [3.8, 4) is 0 Å². The van der Waals surface area contributed by atoms with Gasteiger partial charge in [-0.3, -0.25) is 0 Å². The molecule has 1 aromatic rings. The van der Waals surface area contributed by atoms with Crippen molar-refractivity contribution in [3.63, 3.8) is 0 Å². The average Bonchev–Trinajstić information content (AvgIpc) is 2.07. The Kier molecular flexibility index (Phi) is 3.67. The van der Waals surface area contributed by atoms with Gasteiger partial charge in [-0.25, -0.2) is 4.99 Å².